The molecular weight excluding hydrogens is 410 g/mol. The minimum Gasteiger partial charge on any atom is -0.497 e. The Morgan fingerprint density at radius 1 is 1.03 bits per heavy atom. The SMILES string of the molecule is COc1ccc([C@@H]2CN(Cc3ccccc3)[C@H]3CCN(C(=O)c4cccnc4C)C[C@@H]23)cc1. The van der Waals surface area contributed by atoms with Gasteiger partial charge in [-0.25, -0.2) is 0 Å². The van der Waals surface area contributed by atoms with Gasteiger partial charge in [0.15, 0.2) is 0 Å². The van der Waals surface area contributed by atoms with Gasteiger partial charge >= 0.3 is 0 Å². The van der Waals surface area contributed by atoms with Gasteiger partial charge in [-0.15, -0.1) is 0 Å². The zero-order chi connectivity index (χ0) is 22.8. The smallest absolute Gasteiger partial charge is 0.255 e. The summed E-state index contributed by atoms with van der Waals surface area (Å²) >= 11 is 0. The van der Waals surface area contributed by atoms with Crippen molar-refractivity contribution < 1.29 is 9.53 Å². The minimum absolute atomic E-state index is 0.106. The predicted octanol–water partition coefficient (Wildman–Crippen LogP) is 4.53. The molecule has 0 bridgehead atoms. The number of fused-ring (bicyclic) bond motifs is 1. The highest BCUT2D eigenvalue weighted by atomic mass is 16.5. The lowest BCUT2D eigenvalue weighted by Crippen LogP contribution is -2.48. The first kappa shape index (κ1) is 21.7. The van der Waals surface area contributed by atoms with E-state index < -0.39 is 0 Å². The number of hydrogen-bond acceptors (Lipinski definition) is 4. The fraction of sp³-hybridized carbons (Fsp3) is 0.357. The number of carbonyl (C=O) groups excluding carboxylic acids is 1. The topological polar surface area (TPSA) is 45.7 Å². The van der Waals surface area contributed by atoms with Gasteiger partial charge in [0.05, 0.1) is 12.7 Å². The number of rotatable bonds is 5. The number of ether oxygens (including phenoxy) is 1. The molecule has 170 valence electrons. The lowest BCUT2D eigenvalue weighted by Gasteiger charge is -2.39. The number of likely N-dealkylation sites (tertiary alicyclic amines) is 2. The molecule has 0 unspecified atom stereocenters. The number of hydrogen-bond donors (Lipinski definition) is 0. The van der Waals surface area contributed by atoms with Crippen LogP contribution in [0.5, 0.6) is 5.75 Å². The maximum atomic E-state index is 13.4. The molecule has 2 aromatic carbocycles. The highest BCUT2D eigenvalue weighted by Crippen LogP contribution is 2.42. The molecule has 0 N–H and O–H groups in total. The van der Waals surface area contributed by atoms with Crippen molar-refractivity contribution in [2.24, 2.45) is 5.92 Å². The van der Waals surface area contributed by atoms with Crippen molar-refractivity contribution in [2.75, 3.05) is 26.7 Å². The summed E-state index contributed by atoms with van der Waals surface area (Å²) in [6, 6.07) is 23.4. The summed E-state index contributed by atoms with van der Waals surface area (Å²) in [6.45, 7) is 5.43. The average Bonchev–Trinajstić information content (AvgIpc) is 3.22. The Morgan fingerprint density at radius 3 is 2.55 bits per heavy atom. The molecule has 2 fully saturated rings. The van der Waals surface area contributed by atoms with Crippen LogP contribution in [0.3, 0.4) is 0 Å². The Morgan fingerprint density at radius 2 is 1.82 bits per heavy atom. The molecule has 2 aliphatic heterocycles. The van der Waals surface area contributed by atoms with E-state index in [0.717, 1.165) is 49.6 Å². The monoisotopic (exact) mass is 441 g/mol. The number of aromatic nitrogens is 1. The van der Waals surface area contributed by atoms with E-state index in [9.17, 15) is 4.79 Å². The first-order valence-corrected chi connectivity index (χ1v) is 11.8. The first-order chi connectivity index (χ1) is 16.1. The van der Waals surface area contributed by atoms with Crippen LogP contribution in [0.25, 0.3) is 0 Å². The largest absolute Gasteiger partial charge is 0.497 e. The van der Waals surface area contributed by atoms with Crippen molar-refractivity contribution in [3.63, 3.8) is 0 Å². The number of piperidine rings is 1. The lowest BCUT2D eigenvalue weighted by atomic mass is 9.81. The summed E-state index contributed by atoms with van der Waals surface area (Å²) in [5.74, 6) is 1.77. The number of amides is 1. The summed E-state index contributed by atoms with van der Waals surface area (Å²) in [6.07, 6.45) is 2.74. The molecule has 0 saturated carbocycles. The van der Waals surface area contributed by atoms with Crippen molar-refractivity contribution in [2.45, 2.75) is 31.8 Å². The van der Waals surface area contributed by atoms with Crippen LogP contribution in [0.4, 0.5) is 0 Å². The Balaban J connectivity index is 1.41. The summed E-state index contributed by atoms with van der Waals surface area (Å²) in [5, 5.41) is 0. The molecule has 0 aliphatic carbocycles. The van der Waals surface area contributed by atoms with Gasteiger partial charge in [0, 0.05) is 55.9 Å². The molecule has 2 saturated heterocycles. The fourth-order valence-corrected chi connectivity index (χ4v) is 5.61. The van der Waals surface area contributed by atoms with Crippen LogP contribution in [0.1, 0.15) is 39.5 Å². The van der Waals surface area contributed by atoms with Crippen LogP contribution in [0.2, 0.25) is 0 Å². The third-order valence-corrected chi connectivity index (χ3v) is 7.33. The summed E-state index contributed by atoms with van der Waals surface area (Å²) in [5.41, 5.74) is 4.19. The van der Waals surface area contributed by atoms with Crippen LogP contribution in [0.15, 0.2) is 72.9 Å². The second-order valence-electron chi connectivity index (χ2n) is 9.20. The molecule has 3 aromatic rings. The van der Waals surface area contributed by atoms with Gasteiger partial charge in [-0.1, -0.05) is 42.5 Å². The summed E-state index contributed by atoms with van der Waals surface area (Å²) in [4.78, 5) is 22.4. The van der Waals surface area contributed by atoms with Gasteiger partial charge in [0.25, 0.3) is 5.91 Å². The zero-order valence-electron chi connectivity index (χ0n) is 19.4. The Bertz CT molecular complexity index is 1100. The van der Waals surface area contributed by atoms with Gasteiger partial charge in [-0.2, -0.15) is 0 Å². The van der Waals surface area contributed by atoms with E-state index >= 15 is 0 Å². The summed E-state index contributed by atoms with van der Waals surface area (Å²) in [7, 11) is 1.70. The molecule has 5 nitrogen and oxygen atoms in total. The van der Waals surface area contributed by atoms with Gasteiger partial charge in [-0.3, -0.25) is 14.7 Å². The molecule has 1 aromatic heterocycles. The van der Waals surface area contributed by atoms with Crippen molar-refractivity contribution in [1.82, 2.24) is 14.8 Å². The molecule has 0 radical (unpaired) electrons. The number of aryl methyl sites for hydroxylation is 1. The van der Waals surface area contributed by atoms with Gasteiger partial charge in [0.1, 0.15) is 5.75 Å². The fourth-order valence-electron chi connectivity index (χ4n) is 5.61. The quantitative estimate of drug-likeness (QED) is 0.584. The van der Waals surface area contributed by atoms with E-state index in [1.54, 1.807) is 13.3 Å². The Kier molecular flexibility index (Phi) is 6.14. The van der Waals surface area contributed by atoms with Crippen LogP contribution in [-0.4, -0.2) is 53.5 Å². The zero-order valence-corrected chi connectivity index (χ0v) is 19.4. The average molecular weight is 442 g/mol. The van der Waals surface area contributed by atoms with Crippen LogP contribution < -0.4 is 4.74 Å². The Hall–Kier alpha value is -3.18. The molecule has 33 heavy (non-hydrogen) atoms. The van der Waals surface area contributed by atoms with E-state index in [4.69, 9.17) is 4.74 Å². The number of pyridine rings is 1. The molecule has 5 rings (SSSR count). The van der Waals surface area contributed by atoms with Gasteiger partial charge in [0.2, 0.25) is 0 Å². The van der Waals surface area contributed by atoms with Crippen LogP contribution in [-0.2, 0) is 6.54 Å². The van der Waals surface area contributed by atoms with Crippen molar-refractivity contribution in [3.8, 4) is 5.75 Å². The Labute approximate surface area is 196 Å². The highest BCUT2D eigenvalue weighted by molar-refractivity contribution is 5.95. The molecule has 3 heterocycles. The van der Waals surface area contributed by atoms with Crippen molar-refractivity contribution >= 4 is 5.91 Å². The van der Waals surface area contributed by atoms with E-state index in [1.165, 1.54) is 11.1 Å². The van der Waals surface area contributed by atoms with Crippen molar-refractivity contribution in [1.29, 1.82) is 0 Å². The van der Waals surface area contributed by atoms with Gasteiger partial charge < -0.3 is 9.64 Å². The number of methoxy groups -OCH3 is 1. The molecule has 5 heteroatoms. The molecule has 1 amide bonds. The van der Waals surface area contributed by atoms with Crippen molar-refractivity contribution in [3.05, 3.63) is 95.3 Å². The molecular formula is C28H31N3O2. The third-order valence-electron chi connectivity index (χ3n) is 7.33. The highest BCUT2D eigenvalue weighted by Gasteiger charge is 2.46. The molecule has 0 spiro atoms. The first-order valence-electron chi connectivity index (χ1n) is 11.8. The van der Waals surface area contributed by atoms with E-state index in [1.807, 2.05) is 24.0 Å². The molecule has 2 aliphatic rings. The summed E-state index contributed by atoms with van der Waals surface area (Å²) < 4.78 is 5.38. The predicted molar refractivity (Wildman–Crippen MR) is 129 cm³/mol. The lowest BCUT2D eigenvalue weighted by molar-refractivity contribution is 0.0583. The van der Waals surface area contributed by atoms with Crippen LogP contribution in [0, 0.1) is 12.8 Å². The van der Waals surface area contributed by atoms with E-state index in [-0.39, 0.29) is 5.91 Å². The third kappa shape index (κ3) is 4.38. The normalized spacial score (nSPS) is 22.7. The number of carbonyl (C=O) groups is 1. The maximum Gasteiger partial charge on any atom is 0.255 e. The number of nitrogens with zero attached hydrogens (tertiary/aromatic N) is 3. The molecule has 3 atom stereocenters. The van der Waals surface area contributed by atoms with E-state index in [2.05, 4.69) is 64.5 Å². The second-order valence-corrected chi connectivity index (χ2v) is 9.20. The minimum atomic E-state index is 0.106. The number of benzene rings is 2. The standard InChI is InChI=1S/C28H31N3O2/c1-20-24(9-6-15-29-20)28(32)30-16-14-27-26(19-30)25(22-10-12-23(33-2)13-11-22)18-31(27)17-21-7-4-3-5-8-21/h3-13,15,25-27H,14,16-19H2,1-2H3/t25-,26-,27-/m0/s1. The maximum absolute atomic E-state index is 13.4. The van der Waals surface area contributed by atoms with Gasteiger partial charge in [-0.05, 0) is 48.7 Å². The van der Waals surface area contributed by atoms with E-state index in [0.29, 0.717) is 17.9 Å². The van der Waals surface area contributed by atoms with Crippen LogP contribution >= 0.6 is 0 Å². The second kappa shape index (κ2) is 9.36.